The molecule has 0 saturated carbocycles. The molecule has 1 aliphatic heterocycles. The number of rotatable bonds is 11. The lowest BCUT2D eigenvalue weighted by molar-refractivity contribution is 0.171. The molecule has 0 aromatic heterocycles. The van der Waals surface area contributed by atoms with Gasteiger partial charge in [-0.25, -0.2) is 0 Å². The minimum atomic E-state index is 0.253. The SMILES string of the molecule is CN=C(NCCOc1ccc2c(c1)OCO2)NCc1ccc(C)cc1OCCCOC. The fraction of sp³-hybridized carbons (Fsp3) is 0.435. The molecule has 0 radical (unpaired) electrons. The van der Waals surface area contributed by atoms with Crippen LogP contribution >= 0.6 is 0 Å². The number of hydrogen-bond donors (Lipinski definition) is 2. The van der Waals surface area contributed by atoms with Gasteiger partial charge in [0.1, 0.15) is 18.1 Å². The summed E-state index contributed by atoms with van der Waals surface area (Å²) in [5, 5.41) is 6.58. The number of aryl methyl sites for hydroxylation is 1. The van der Waals surface area contributed by atoms with E-state index in [4.69, 9.17) is 23.7 Å². The van der Waals surface area contributed by atoms with Crippen LogP contribution in [-0.4, -0.2) is 53.3 Å². The number of fused-ring (bicyclic) bond motifs is 1. The fourth-order valence-electron chi connectivity index (χ4n) is 3.03. The third-order valence-electron chi connectivity index (χ3n) is 4.65. The van der Waals surface area contributed by atoms with Crippen LogP contribution < -0.4 is 29.6 Å². The maximum Gasteiger partial charge on any atom is 0.231 e. The normalized spacial score (nSPS) is 12.5. The number of nitrogens with zero attached hydrogens (tertiary/aromatic N) is 1. The molecule has 168 valence electrons. The highest BCUT2D eigenvalue weighted by Crippen LogP contribution is 2.34. The topological polar surface area (TPSA) is 82.6 Å². The van der Waals surface area contributed by atoms with E-state index in [0.717, 1.165) is 34.8 Å². The van der Waals surface area contributed by atoms with Crippen molar-refractivity contribution in [2.45, 2.75) is 19.9 Å². The first-order valence-corrected chi connectivity index (χ1v) is 10.4. The summed E-state index contributed by atoms with van der Waals surface area (Å²) < 4.78 is 27.5. The Morgan fingerprint density at radius 2 is 1.87 bits per heavy atom. The van der Waals surface area contributed by atoms with Crippen LogP contribution in [-0.2, 0) is 11.3 Å². The van der Waals surface area contributed by atoms with Crippen LogP contribution in [0.25, 0.3) is 0 Å². The molecule has 2 N–H and O–H groups in total. The summed E-state index contributed by atoms with van der Waals surface area (Å²) in [6.07, 6.45) is 0.851. The van der Waals surface area contributed by atoms with E-state index in [-0.39, 0.29) is 6.79 Å². The zero-order chi connectivity index (χ0) is 21.9. The van der Waals surface area contributed by atoms with Gasteiger partial charge in [0.15, 0.2) is 17.5 Å². The number of ether oxygens (including phenoxy) is 5. The van der Waals surface area contributed by atoms with Crippen LogP contribution in [0.2, 0.25) is 0 Å². The molecular formula is C23H31N3O5. The summed E-state index contributed by atoms with van der Waals surface area (Å²) in [6, 6.07) is 11.8. The fourth-order valence-corrected chi connectivity index (χ4v) is 3.03. The van der Waals surface area contributed by atoms with Crippen LogP contribution in [0.3, 0.4) is 0 Å². The maximum atomic E-state index is 5.95. The highest BCUT2D eigenvalue weighted by atomic mass is 16.7. The lowest BCUT2D eigenvalue weighted by Gasteiger charge is -2.16. The average Bonchev–Trinajstić information content (AvgIpc) is 3.25. The van der Waals surface area contributed by atoms with Crippen molar-refractivity contribution in [1.29, 1.82) is 0 Å². The van der Waals surface area contributed by atoms with Gasteiger partial charge in [0.2, 0.25) is 6.79 Å². The zero-order valence-electron chi connectivity index (χ0n) is 18.4. The monoisotopic (exact) mass is 429 g/mol. The minimum Gasteiger partial charge on any atom is -0.493 e. The highest BCUT2D eigenvalue weighted by Gasteiger charge is 2.13. The largest absolute Gasteiger partial charge is 0.493 e. The van der Waals surface area contributed by atoms with E-state index >= 15 is 0 Å². The number of hydrogen-bond acceptors (Lipinski definition) is 6. The Morgan fingerprint density at radius 3 is 2.71 bits per heavy atom. The lowest BCUT2D eigenvalue weighted by atomic mass is 10.1. The van der Waals surface area contributed by atoms with Crippen molar-refractivity contribution in [2.24, 2.45) is 4.99 Å². The molecule has 8 heteroatoms. The van der Waals surface area contributed by atoms with Crippen LogP contribution in [0, 0.1) is 6.92 Å². The molecule has 0 saturated heterocycles. The van der Waals surface area contributed by atoms with Gasteiger partial charge < -0.3 is 34.3 Å². The van der Waals surface area contributed by atoms with Gasteiger partial charge >= 0.3 is 0 Å². The molecule has 0 aliphatic carbocycles. The molecule has 0 bridgehead atoms. The molecule has 0 amide bonds. The first kappa shape index (κ1) is 22.6. The molecule has 3 rings (SSSR count). The van der Waals surface area contributed by atoms with Gasteiger partial charge in [-0.3, -0.25) is 4.99 Å². The lowest BCUT2D eigenvalue weighted by Crippen LogP contribution is -2.38. The van der Waals surface area contributed by atoms with Crippen LogP contribution in [0.15, 0.2) is 41.4 Å². The van der Waals surface area contributed by atoms with Crippen molar-refractivity contribution >= 4 is 5.96 Å². The highest BCUT2D eigenvalue weighted by molar-refractivity contribution is 5.79. The van der Waals surface area contributed by atoms with E-state index in [1.54, 1.807) is 14.2 Å². The van der Waals surface area contributed by atoms with Gasteiger partial charge in [-0.15, -0.1) is 0 Å². The summed E-state index contributed by atoms with van der Waals surface area (Å²) in [5.41, 5.74) is 2.23. The Kier molecular flexibility index (Phi) is 8.66. The Labute approximate surface area is 183 Å². The molecule has 0 unspecified atom stereocenters. The van der Waals surface area contributed by atoms with Crippen LogP contribution in [0.1, 0.15) is 17.5 Å². The summed E-state index contributed by atoms with van der Waals surface area (Å²) in [6.45, 7) is 5.30. The predicted molar refractivity (Wildman–Crippen MR) is 119 cm³/mol. The predicted octanol–water partition coefficient (Wildman–Crippen LogP) is 2.88. The Balaban J connectivity index is 1.43. The average molecular weight is 430 g/mol. The molecule has 31 heavy (non-hydrogen) atoms. The van der Waals surface area contributed by atoms with E-state index < -0.39 is 0 Å². The summed E-state index contributed by atoms with van der Waals surface area (Å²) in [5.74, 6) is 3.77. The van der Waals surface area contributed by atoms with Gasteiger partial charge in [0.05, 0.1) is 13.2 Å². The molecule has 0 spiro atoms. The molecule has 8 nitrogen and oxygen atoms in total. The van der Waals surface area contributed by atoms with Crippen molar-refractivity contribution in [3.05, 3.63) is 47.5 Å². The molecule has 1 aliphatic rings. The molecule has 2 aromatic rings. The molecular weight excluding hydrogens is 398 g/mol. The second kappa shape index (κ2) is 11.9. The van der Waals surface area contributed by atoms with Gasteiger partial charge in [0.25, 0.3) is 0 Å². The molecule has 1 heterocycles. The van der Waals surface area contributed by atoms with Crippen LogP contribution in [0.4, 0.5) is 0 Å². The van der Waals surface area contributed by atoms with Gasteiger partial charge in [0, 0.05) is 45.4 Å². The van der Waals surface area contributed by atoms with Gasteiger partial charge in [-0.05, 0) is 30.7 Å². The first-order valence-electron chi connectivity index (χ1n) is 10.4. The Bertz CT molecular complexity index is 872. The van der Waals surface area contributed by atoms with Gasteiger partial charge in [-0.2, -0.15) is 0 Å². The van der Waals surface area contributed by atoms with E-state index in [1.165, 1.54) is 0 Å². The third-order valence-corrected chi connectivity index (χ3v) is 4.65. The van der Waals surface area contributed by atoms with E-state index in [9.17, 15) is 0 Å². The summed E-state index contributed by atoms with van der Waals surface area (Å²) in [4.78, 5) is 4.27. The van der Waals surface area contributed by atoms with Crippen molar-refractivity contribution in [2.75, 3.05) is 47.3 Å². The second-order valence-corrected chi connectivity index (χ2v) is 7.02. The van der Waals surface area contributed by atoms with Gasteiger partial charge in [-0.1, -0.05) is 12.1 Å². The minimum absolute atomic E-state index is 0.253. The van der Waals surface area contributed by atoms with Crippen molar-refractivity contribution in [1.82, 2.24) is 10.6 Å². The summed E-state index contributed by atoms with van der Waals surface area (Å²) in [7, 11) is 3.44. The standard InChI is InChI=1S/C23H31N3O5/c1-17-5-6-18(21(13-17)29-11-4-10-27-3)15-26-23(24-2)25-9-12-28-19-7-8-20-22(14-19)31-16-30-20/h5-8,13-14H,4,9-12,15-16H2,1-3H3,(H2,24,25,26). The maximum absolute atomic E-state index is 5.95. The second-order valence-electron chi connectivity index (χ2n) is 7.02. The molecule has 0 fully saturated rings. The van der Waals surface area contributed by atoms with Crippen molar-refractivity contribution in [3.8, 4) is 23.0 Å². The summed E-state index contributed by atoms with van der Waals surface area (Å²) >= 11 is 0. The van der Waals surface area contributed by atoms with Crippen molar-refractivity contribution < 1.29 is 23.7 Å². The number of aliphatic imine (C=N–C) groups is 1. The van der Waals surface area contributed by atoms with E-state index in [2.05, 4.69) is 40.7 Å². The number of nitrogens with one attached hydrogen (secondary N) is 2. The zero-order valence-corrected chi connectivity index (χ0v) is 18.4. The molecule has 2 aromatic carbocycles. The number of methoxy groups -OCH3 is 1. The molecule has 0 atom stereocenters. The van der Waals surface area contributed by atoms with E-state index in [1.807, 2.05) is 18.2 Å². The van der Waals surface area contributed by atoms with E-state index in [0.29, 0.717) is 44.6 Å². The quantitative estimate of drug-likeness (QED) is 0.323. The number of guanidine groups is 1. The number of benzene rings is 2. The Morgan fingerprint density at radius 1 is 1.00 bits per heavy atom. The smallest absolute Gasteiger partial charge is 0.231 e. The Hall–Kier alpha value is -3.13. The third kappa shape index (κ3) is 6.96. The van der Waals surface area contributed by atoms with Crippen LogP contribution in [0.5, 0.6) is 23.0 Å². The van der Waals surface area contributed by atoms with Crippen molar-refractivity contribution in [3.63, 3.8) is 0 Å². The first-order chi connectivity index (χ1) is 15.2.